The molecule has 0 saturated carbocycles. The van der Waals surface area contributed by atoms with Crippen molar-refractivity contribution >= 4 is 28.5 Å². The number of hydrogen-bond donors (Lipinski definition) is 1. The van der Waals surface area contributed by atoms with E-state index >= 15 is 0 Å². The number of carbonyl (C=O) groups excluding carboxylic acids is 1. The molecule has 0 heterocycles. The van der Waals surface area contributed by atoms with E-state index in [9.17, 15) is 14.4 Å². The molecule has 0 radical (unpaired) electrons. The summed E-state index contributed by atoms with van der Waals surface area (Å²) in [6.45, 7) is 0. The summed E-state index contributed by atoms with van der Waals surface area (Å²) in [5.41, 5.74) is 0.425. The molecule has 2 rings (SSSR count). The molecular formula is C17H14FIN2O3. The highest BCUT2D eigenvalue weighted by atomic mass is 127. The SMILES string of the molecule is COc1cc(I)c(C(=O)NC(C#N)c2ccccc2F)cc1OC. The van der Waals surface area contributed by atoms with Crippen LogP contribution in [0, 0.1) is 20.7 Å². The Morgan fingerprint density at radius 2 is 1.88 bits per heavy atom. The topological polar surface area (TPSA) is 71.3 Å². The molecule has 0 aromatic heterocycles. The summed E-state index contributed by atoms with van der Waals surface area (Å²) < 4.78 is 24.8. The second-order valence-corrected chi connectivity index (χ2v) is 5.91. The smallest absolute Gasteiger partial charge is 0.253 e. The second-order valence-electron chi connectivity index (χ2n) is 4.74. The molecule has 0 fully saturated rings. The van der Waals surface area contributed by atoms with Gasteiger partial charge in [0, 0.05) is 9.13 Å². The molecule has 1 N–H and O–H groups in total. The van der Waals surface area contributed by atoms with Crippen molar-refractivity contribution in [3.8, 4) is 17.6 Å². The number of amides is 1. The number of nitrogens with zero attached hydrogens (tertiary/aromatic N) is 1. The van der Waals surface area contributed by atoms with Gasteiger partial charge >= 0.3 is 0 Å². The zero-order valence-electron chi connectivity index (χ0n) is 13.0. The number of nitriles is 1. The van der Waals surface area contributed by atoms with Crippen LogP contribution in [0.5, 0.6) is 11.5 Å². The molecule has 1 unspecified atom stereocenters. The number of methoxy groups -OCH3 is 2. The van der Waals surface area contributed by atoms with Crippen LogP contribution in [0.15, 0.2) is 36.4 Å². The first kappa shape index (κ1) is 18.0. The Morgan fingerprint density at radius 3 is 2.46 bits per heavy atom. The molecule has 24 heavy (non-hydrogen) atoms. The molecule has 124 valence electrons. The fourth-order valence-electron chi connectivity index (χ4n) is 2.13. The summed E-state index contributed by atoms with van der Waals surface area (Å²) >= 11 is 1.98. The summed E-state index contributed by atoms with van der Waals surface area (Å²) in [7, 11) is 2.96. The molecule has 0 saturated heterocycles. The van der Waals surface area contributed by atoms with Gasteiger partial charge in [-0.25, -0.2) is 4.39 Å². The van der Waals surface area contributed by atoms with Crippen molar-refractivity contribution in [1.29, 1.82) is 5.26 Å². The van der Waals surface area contributed by atoms with Gasteiger partial charge in [-0.05, 0) is 40.8 Å². The lowest BCUT2D eigenvalue weighted by Gasteiger charge is -2.15. The predicted octanol–water partition coefficient (Wildman–Crippen LogP) is 3.44. The third-order valence-corrected chi connectivity index (χ3v) is 4.23. The van der Waals surface area contributed by atoms with Crippen LogP contribution in [0.4, 0.5) is 4.39 Å². The Bertz CT molecular complexity index is 805. The van der Waals surface area contributed by atoms with Gasteiger partial charge in [-0.3, -0.25) is 4.79 Å². The Kier molecular flexibility index (Phi) is 5.98. The van der Waals surface area contributed by atoms with Crippen LogP contribution in [-0.2, 0) is 0 Å². The number of ether oxygens (including phenoxy) is 2. The van der Waals surface area contributed by atoms with Crippen molar-refractivity contribution in [2.45, 2.75) is 6.04 Å². The van der Waals surface area contributed by atoms with E-state index in [1.165, 1.54) is 38.5 Å². The number of halogens is 2. The number of hydrogen-bond acceptors (Lipinski definition) is 4. The maximum absolute atomic E-state index is 13.8. The maximum atomic E-state index is 13.8. The molecule has 7 heteroatoms. The molecule has 2 aromatic rings. The predicted molar refractivity (Wildman–Crippen MR) is 94.5 cm³/mol. The zero-order valence-corrected chi connectivity index (χ0v) is 15.1. The van der Waals surface area contributed by atoms with Gasteiger partial charge in [-0.2, -0.15) is 5.26 Å². The molecule has 0 aliphatic heterocycles. The van der Waals surface area contributed by atoms with Crippen LogP contribution in [0.2, 0.25) is 0 Å². The molecule has 0 bridgehead atoms. The fourth-order valence-corrected chi connectivity index (χ4v) is 2.81. The molecule has 0 aliphatic carbocycles. The van der Waals surface area contributed by atoms with Gasteiger partial charge in [-0.15, -0.1) is 0 Å². The van der Waals surface area contributed by atoms with Gasteiger partial charge in [0.05, 0.1) is 25.9 Å². The normalized spacial score (nSPS) is 11.3. The lowest BCUT2D eigenvalue weighted by atomic mass is 10.1. The summed E-state index contributed by atoms with van der Waals surface area (Å²) in [4.78, 5) is 12.5. The lowest BCUT2D eigenvalue weighted by Crippen LogP contribution is -2.29. The number of carbonyl (C=O) groups is 1. The first-order valence-corrected chi connectivity index (χ1v) is 7.96. The Morgan fingerprint density at radius 1 is 1.25 bits per heavy atom. The first-order valence-electron chi connectivity index (χ1n) is 6.88. The van der Waals surface area contributed by atoms with E-state index in [4.69, 9.17) is 9.47 Å². The summed E-state index contributed by atoms with van der Waals surface area (Å²) in [6, 6.07) is 9.81. The highest BCUT2D eigenvalue weighted by Crippen LogP contribution is 2.31. The van der Waals surface area contributed by atoms with Gasteiger partial charge in [0.15, 0.2) is 11.5 Å². The van der Waals surface area contributed by atoms with E-state index in [0.717, 1.165) is 0 Å². The van der Waals surface area contributed by atoms with Gasteiger partial charge in [0.1, 0.15) is 11.9 Å². The third kappa shape index (κ3) is 3.76. The molecule has 0 aliphatic rings. The van der Waals surface area contributed by atoms with Gasteiger partial charge in [0.2, 0.25) is 0 Å². The quantitative estimate of drug-likeness (QED) is 0.724. The molecule has 2 aromatic carbocycles. The zero-order chi connectivity index (χ0) is 17.7. The Hall–Kier alpha value is -2.34. The van der Waals surface area contributed by atoms with E-state index in [1.54, 1.807) is 12.1 Å². The Balaban J connectivity index is 2.32. The van der Waals surface area contributed by atoms with E-state index in [-0.39, 0.29) is 5.56 Å². The van der Waals surface area contributed by atoms with Crippen molar-refractivity contribution in [3.05, 3.63) is 56.9 Å². The van der Waals surface area contributed by atoms with E-state index in [2.05, 4.69) is 5.32 Å². The molecule has 1 amide bonds. The first-order chi connectivity index (χ1) is 11.5. The van der Waals surface area contributed by atoms with Crippen molar-refractivity contribution in [2.24, 2.45) is 0 Å². The minimum atomic E-state index is -1.09. The number of benzene rings is 2. The summed E-state index contributed by atoms with van der Waals surface area (Å²) in [5.74, 6) is -0.173. The van der Waals surface area contributed by atoms with Crippen molar-refractivity contribution < 1.29 is 18.7 Å². The summed E-state index contributed by atoms with van der Waals surface area (Å²) in [6.07, 6.45) is 0. The van der Waals surface area contributed by atoms with Crippen LogP contribution in [0.3, 0.4) is 0 Å². The van der Waals surface area contributed by atoms with E-state index < -0.39 is 17.8 Å². The number of nitrogens with one attached hydrogen (secondary N) is 1. The monoisotopic (exact) mass is 440 g/mol. The molecule has 0 spiro atoms. The van der Waals surface area contributed by atoms with Crippen LogP contribution < -0.4 is 14.8 Å². The van der Waals surface area contributed by atoms with Crippen LogP contribution >= 0.6 is 22.6 Å². The van der Waals surface area contributed by atoms with Crippen molar-refractivity contribution in [1.82, 2.24) is 5.32 Å². The van der Waals surface area contributed by atoms with Crippen molar-refractivity contribution in [2.75, 3.05) is 14.2 Å². The average molecular weight is 440 g/mol. The number of rotatable bonds is 5. The largest absolute Gasteiger partial charge is 0.493 e. The van der Waals surface area contributed by atoms with E-state index in [0.29, 0.717) is 20.6 Å². The molecule has 1 atom stereocenters. The van der Waals surface area contributed by atoms with Crippen molar-refractivity contribution in [3.63, 3.8) is 0 Å². The summed E-state index contributed by atoms with van der Waals surface area (Å²) in [5, 5.41) is 11.8. The average Bonchev–Trinajstić information content (AvgIpc) is 2.59. The lowest BCUT2D eigenvalue weighted by molar-refractivity contribution is 0.0943. The van der Waals surface area contributed by atoms with Gasteiger partial charge in [-0.1, -0.05) is 18.2 Å². The third-order valence-electron chi connectivity index (χ3n) is 3.34. The fraction of sp³-hybridized carbons (Fsp3) is 0.176. The highest BCUT2D eigenvalue weighted by molar-refractivity contribution is 14.1. The van der Waals surface area contributed by atoms with Gasteiger partial charge < -0.3 is 14.8 Å². The van der Waals surface area contributed by atoms with Crippen LogP contribution in [-0.4, -0.2) is 20.1 Å². The van der Waals surface area contributed by atoms with Crippen LogP contribution in [0.25, 0.3) is 0 Å². The molecule has 5 nitrogen and oxygen atoms in total. The highest BCUT2D eigenvalue weighted by Gasteiger charge is 2.21. The Labute approximate surface area is 152 Å². The standard InChI is InChI=1S/C17H14FIN2O3/c1-23-15-7-11(13(19)8-16(15)24-2)17(22)21-14(9-20)10-5-3-4-6-12(10)18/h3-8,14H,1-2H3,(H,21,22). The molecular weight excluding hydrogens is 426 g/mol. The van der Waals surface area contributed by atoms with Gasteiger partial charge in [0.25, 0.3) is 5.91 Å². The van der Waals surface area contributed by atoms with E-state index in [1.807, 2.05) is 28.7 Å². The minimum absolute atomic E-state index is 0.115. The van der Waals surface area contributed by atoms with Crippen LogP contribution in [0.1, 0.15) is 22.0 Å². The minimum Gasteiger partial charge on any atom is -0.493 e. The maximum Gasteiger partial charge on any atom is 0.253 e. The second kappa shape index (κ2) is 7.97.